The van der Waals surface area contributed by atoms with E-state index in [2.05, 4.69) is 10.2 Å². The standard InChI is InChI=1S/C10H11N3O2S/c11-10-9(7-2-1-5-16-7)6(12-13-10)3-4-8(14)15/h1-2,5H,3-4H2,(H,14,15)(H3,11,12,13). The normalized spacial score (nSPS) is 10.5. The maximum atomic E-state index is 10.5. The Morgan fingerprint density at radius 1 is 1.62 bits per heavy atom. The zero-order valence-electron chi connectivity index (χ0n) is 8.43. The number of H-pyrrole nitrogens is 1. The van der Waals surface area contributed by atoms with Crippen molar-refractivity contribution in [2.24, 2.45) is 0 Å². The van der Waals surface area contributed by atoms with Crippen LogP contribution in [-0.4, -0.2) is 21.3 Å². The summed E-state index contributed by atoms with van der Waals surface area (Å²) in [7, 11) is 0. The largest absolute Gasteiger partial charge is 0.481 e. The van der Waals surface area contributed by atoms with Crippen LogP contribution in [0.25, 0.3) is 10.4 Å². The Kier molecular flexibility index (Phi) is 2.91. The van der Waals surface area contributed by atoms with E-state index < -0.39 is 5.97 Å². The fraction of sp³-hybridized carbons (Fsp3) is 0.200. The second-order valence-electron chi connectivity index (χ2n) is 3.33. The number of rotatable bonds is 4. The summed E-state index contributed by atoms with van der Waals surface area (Å²) >= 11 is 1.56. The van der Waals surface area contributed by atoms with E-state index in [1.165, 1.54) is 0 Å². The highest BCUT2D eigenvalue weighted by molar-refractivity contribution is 7.13. The molecule has 84 valence electrons. The molecule has 0 aliphatic heterocycles. The number of hydrogen-bond acceptors (Lipinski definition) is 4. The second-order valence-corrected chi connectivity index (χ2v) is 4.28. The van der Waals surface area contributed by atoms with Crippen molar-refractivity contribution in [3.63, 3.8) is 0 Å². The van der Waals surface area contributed by atoms with Gasteiger partial charge in [0.2, 0.25) is 0 Å². The maximum absolute atomic E-state index is 10.5. The lowest BCUT2D eigenvalue weighted by Gasteiger charge is -1.99. The molecule has 0 aromatic carbocycles. The van der Waals surface area contributed by atoms with E-state index in [1.807, 2.05) is 17.5 Å². The summed E-state index contributed by atoms with van der Waals surface area (Å²) in [5, 5.41) is 17.3. The number of nitrogens with one attached hydrogen (secondary N) is 1. The Morgan fingerprint density at radius 3 is 3.06 bits per heavy atom. The smallest absolute Gasteiger partial charge is 0.303 e. The molecule has 0 unspecified atom stereocenters. The van der Waals surface area contributed by atoms with E-state index in [-0.39, 0.29) is 6.42 Å². The van der Waals surface area contributed by atoms with Crippen LogP contribution in [0, 0.1) is 0 Å². The second kappa shape index (κ2) is 4.36. The van der Waals surface area contributed by atoms with Gasteiger partial charge in [0.05, 0.1) is 12.0 Å². The Morgan fingerprint density at radius 2 is 2.44 bits per heavy atom. The fourth-order valence-electron chi connectivity index (χ4n) is 1.50. The SMILES string of the molecule is Nc1n[nH]c(CCC(=O)O)c1-c1cccs1. The third-order valence-corrected chi connectivity index (χ3v) is 3.11. The molecular formula is C10H11N3O2S. The number of thiophene rings is 1. The van der Waals surface area contributed by atoms with Crippen LogP contribution in [0.4, 0.5) is 5.82 Å². The van der Waals surface area contributed by atoms with Crippen LogP contribution in [0.5, 0.6) is 0 Å². The maximum Gasteiger partial charge on any atom is 0.303 e. The van der Waals surface area contributed by atoms with Crippen LogP contribution < -0.4 is 5.73 Å². The highest BCUT2D eigenvalue weighted by Crippen LogP contribution is 2.32. The number of nitrogens with zero attached hydrogens (tertiary/aromatic N) is 1. The van der Waals surface area contributed by atoms with E-state index in [1.54, 1.807) is 11.3 Å². The van der Waals surface area contributed by atoms with Gasteiger partial charge in [-0.25, -0.2) is 0 Å². The molecule has 0 bridgehead atoms. The van der Waals surface area contributed by atoms with Crippen LogP contribution in [0.2, 0.25) is 0 Å². The number of anilines is 1. The number of aryl methyl sites for hydroxylation is 1. The van der Waals surface area contributed by atoms with Crippen LogP contribution in [0.3, 0.4) is 0 Å². The molecule has 4 N–H and O–H groups in total. The van der Waals surface area contributed by atoms with Crippen molar-refractivity contribution in [1.82, 2.24) is 10.2 Å². The summed E-state index contributed by atoms with van der Waals surface area (Å²) in [6.07, 6.45) is 0.479. The minimum Gasteiger partial charge on any atom is -0.481 e. The van der Waals surface area contributed by atoms with Crippen LogP contribution >= 0.6 is 11.3 Å². The van der Waals surface area contributed by atoms with Gasteiger partial charge >= 0.3 is 5.97 Å². The molecule has 5 nitrogen and oxygen atoms in total. The Labute approximate surface area is 95.9 Å². The number of carboxylic acid groups (broad SMARTS) is 1. The van der Waals surface area contributed by atoms with E-state index in [0.29, 0.717) is 12.2 Å². The molecule has 0 amide bonds. The molecule has 0 saturated heterocycles. The summed E-state index contributed by atoms with van der Waals surface area (Å²) in [4.78, 5) is 11.5. The summed E-state index contributed by atoms with van der Waals surface area (Å²) < 4.78 is 0. The van der Waals surface area contributed by atoms with Gasteiger partial charge in [-0.1, -0.05) is 6.07 Å². The molecule has 0 atom stereocenters. The lowest BCUT2D eigenvalue weighted by Crippen LogP contribution is -1.98. The highest BCUT2D eigenvalue weighted by atomic mass is 32.1. The zero-order chi connectivity index (χ0) is 11.5. The van der Waals surface area contributed by atoms with Gasteiger partial charge in [0.25, 0.3) is 0 Å². The van der Waals surface area contributed by atoms with Crippen molar-refractivity contribution < 1.29 is 9.90 Å². The monoisotopic (exact) mass is 237 g/mol. The van der Waals surface area contributed by atoms with Gasteiger partial charge in [0.1, 0.15) is 0 Å². The average Bonchev–Trinajstić information content (AvgIpc) is 2.83. The number of aromatic amines is 1. The molecule has 2 aromatic rings. The third-order valence-electron chi connectivity index (χ3n) is 2.23. The van der Waals surface area contributed by atoms with Crippen molar-refractivity contribution in [2.75, 3.05) is 5.73 Å². The van der Waals surface area contributed by atoms with Crippen LogP contribution in [-0.2, 0) is 11.2 Å². The van der Waals surface area contributed by atoms with E-state index in [4.69, 9.17) is 10.8 Å². The minimum absolute atomic E-state index is 0.0695. The first-order valence-corrected chi connectivity index (χ1v) is 5.65. The van der Waals surface area contributed by atoms with E-state index in [9.17, 15) is 4.79 Å². The molecule has 2 aromatic heterocycles. The summed E-state index contributed by atoms with van der Waals surface area (Å²) in [5.41, 5.74) is 7.37. The van der Waals surface area contributed by atoms with Crippen molar-refractivity contribution >= 4 is 23.1 Å². The van der Waals surface area contributed by atoms with Crippen LogP contribution in [0.1, 0.15) is 12.1 Å². The highest BCUT2D eigenvalue weighted by Gasteiger charge is 2.14. The Hall–Kier alpha value is -1.82. The number of carboxylic acids is 1. The molecule has 0 fully saturated rings. The van der Waals surface area contributed by atoms with Crippen molar-refractivity contribution in [2.45, 2.75) is 12.8 Å². The van der Waals surface area contributed by atoms with Gasteiger partial charge in [0, 0.05) is 17.0 Å². The molecule has 0 aliphatic rings. The summed E-state index contributed by atoms with van der Waals surface area (Å²) in [6, 6.07) is 3.86. The molecule has 0 radical (unpaired) electrons. The number of hydrogen-bond donors (Lipinski definition) is 3. The van der Waals surface area contributed by atoms with Crippen molar-refractivity contribution in [1.29, 1.82) is 0 Å². The van der Waals surface area contributed by atoms with Crippen molar-refractivity contribution in [3.05, 3.63) is 23.2 Å². The number of nitrogens with two attached hydrogens (primary N) is 1. The lowest BCUT2D eigenvalue weighted by molar-refractivity contribution is -0.136. The van der Waals surface area contributed by atoms with Crippen molar-refractivity contribution in [3.8, 4) is 10.4 Å². The molecule has 2 heterocycles. The molecule has 0 spiro atoms. The number of aliphatic carboxylic acids is 1. The Bertz CT molecular complexity index is 490. The first-order valence-electron chi connectivity index (χ1n) is 4.77. The number of aromatic nitrogens is 2. The molecule has 2 rings (SSSR count). The predicted octanol–water partition coefficient (Wildman–Crippen LogP) is 1.74. The Balaban J connectivity index is 2.29. The van der Waals surface area contributed by atoms with Gasteiger partial charge in [0.15, 0.2) is 5.82 Å². The minimum atomic E-state index is -0.828. The number of nitrogen functional groups attached to an aromatic ring is 1. The molecule has 16 heavy (non-hydrogen) atoms. The van der Waals surface area contributed by atoms with Gasteiger partial charge < -0.3 is 10.8 Å². The molecule has 0 saturated carbocycles. The van der Waals surface area contributed by atoms with E-state index in [0.717, 1.165) is 16.1 Å². The van der Waals surface area contributed by atoms with E-state index >= 15 is 0 Å². The first-order chi connectivity index (χ1) is 7.68. The van der Waals surface area contributed by atoms with Gasteiger partial charge in [-0.15, -0.1) is 11.3 Å². The summed E-state index contributed by atoms with van der Waals surface area (Å²) in [5.74, 6) is -0.409. The molecule has 0 aliphatic carbocycles. The molecular weight excluding hydrogens is 226 g/mol. The predicted molar refractivity (Wildman–Crippen MR) is 62.3 cm³/mol. The quantitative estimate of drug-likeness (QED) is 0.755. The van der Waals surface area contributed by atoms with Crippen LogP contribution in [0.15, 0.2) is 17.5 Å². The van der Waals surface area contributed by atoms with Gasteiger partial charge in [-0.05, 0) is 11.4 Å². The zero-order valence-corrected chi connectivity index (χ0v) is 9.25. The number of carbonyl (C=O) groups is 1. The topological polar surface area (TPSA) is 92.0 Å². The molecule has 6 heteroatoms. The van der Waals surface area contributed by atoms with Gasteiger partial charge in [-0.2, -0.15) is 5.10 Å². The average molecular weight is 237 g/mol. The first kappa shape index (κ1) is 10.7. The lowest BCUT2D eigenvalue weighted by atomic mass is 10.1. The van der Waals surface area contributed by atoms with Gasteiger partial charge in [-0.3, -0.25) is 9.89 Å². The fourth-order valence-corrected chi connectivity index (χ4v) is 2.31. The summed E-state index contributed by atoms with van der Waals surface area (Å²) in [6.45, 7) is 0. The third kappa shape index (κ3) is 2.06.